The molecule has 2 aliphatic heterocycles. The van der Waals surface area contributed by atoms with Gasteiger partial charge < -0.3 is 9.80 Å². The van der Waals surface area contributed by atoms with Crippen molar-refractivity contribution < 1.29 is 4.79 Å². The number of likely N-dealkylation sites (tertiary alicyclic amines) is 1. The smallest absolute Gasteiger partial charge is 0.264 e. The van der Waals surface area contributed by atoms with E-state index < -0.39 is 0 Å². The average molecular weight is 460 g/mol. The molecule has 2 fully saturated rings. The van der Waals surface area contributed by atoms with Crippen molar-refractivity contribution in [2.75, 3.05) is 24.5 Å². The summed E-state index contributed by atoms with van der Waals surface area (Å²) in [5.74, 6) is 0.842. The molecule has 0 N–H and O–H groups in total. The number of amides is 1. The van der Waals surface area contributed by atoms with Crippen molar-refractivity contribution in [1.82, 2.24) is 19.5 Å². The average Bonchev–Trinajstić information content (AvgIpc) is 3.55. The van der Waals surface area contributed by atoms with Gasteiger partial charge in [-0.2, -0.15) is 5.10 Å². The molecular formula is C26H29N5OS. The molecule has 0 bridgehead atoms. The fraction of sp³-hybridized carbons (Fsp3) is 0.423. The Morgan fingerprint density at radius 3 is 2.88 bits per heavy atom. The number of aryl methyl sites for hydroxylation is 1. The summed E-state index contributed by atoms with van der Waals surface area (Å²) in [4.78, 5) is 24.2. The maximum Gasteiger partial charge on any atom is 0.264 e. The highest BCUT2D eigenvalue weighted by Crippen LogP contribution is 2.35. The molecule has 2 saturated heterocycles. The van der Waals surface area contributed by atoms with E-state index >= 15 is 0 Å². The summed E-state index contributed by atoms with van der Waals surface area (Å²) in [6.07, 6.45) is 8.29. The zero-order chi connectivity index (χ0) is 22.5. The second-order valence-electron chi connectivity index (χ2n) is 9.64. The van der Waals surface area contributed by atoms with Crippen LogP contribution in [0.15, 0.2) is 42.7 Å². The molecule has 0 saturated carbocycles. The molecule has 2 aliphatic rings. The van der Waals surface area contributed by atoms with Crippen LogP contribution in [0.5, 0.6) is 0 Å². The minimum atomic E-state index is 0.0138. The molecule has 0 radical (unpaired) electrons. The van der Waals surface area contributed by atoms with Crippen molar-refractivity contribution in [1.29, 1.82) is 0 Å². The Hall–Kier alpha value is -2.93. The van der Waals surface area contributed by atoms with E-state index in [2.05, 4.69) is 42.1 Å². The van der Waals surface area contributed by atoms with Crippen LogP contribution in [-0.2, 0) is 0 Å². The molecule has 4 aromatic heterocycles. The highest BCUT2D eigenvalue weighted by atomic mass is 32.1. The Kier molecular flexibility index (Phi) is 5.09. The normalized spacial score (nSPS) is 21.4. The fourth-order valence-corrected chi connectivity index (χ4v) is 6.36. The number of hydrogen-bond acceptors (Lipinski definition) is 5. The molecule has 6 heterocycles. The van der Waals surface area contributed by atoms with Crippen LogP contribution in [0.1, 0.15) is 59.6 Å². The van der Waals surface area contributed by atoms with E-state index in [1.807, 2.05) is 27.6 Å². The van der Waals surface area contributed by atoms with Crippen LogP contribution in [0.3, 0.4) is 0 Å². The van der Waals surface area contributed by atoms with Gasteiger partial charge in [0.1, 0.15) is 4.83 Å². The molecule has 6 rings (SSSR count). The van der Waals surface area contributed by atoms with Gasteiger partial charge in [-0.1, -0.05) is 13.0 Å². The molecule has 0 unspecified atom stereocenters. The first-order valence-electron chi connectivity index (χ1n) is 12.0. The third kappa shape index (κ3) is 3.68. The predicted octanol–water partition coefficient (Wildman–Crippen LogP) is 5.47. The second-order valence-corrected chi connectivity index (χ2v) is 10.7. The largest absolute Gasteiger partial charge is 0.371 e. The second kappa shape index (κ2) is 8.13. The molecule has 1 amide bonds. The monoisotopic (exact) mass is 459 g/mol. The van der Waals surface area contributed by atoms with Gasteiger partial charge in [-0.05, 0) is 68.4 Å². The molecule has 170 valence electrons. The van der Waals surface area contributed by atoms with E-state index in [0.29, 0.717) is 0 Å². The van der Waals surface area contributed by atoms with Gasteiger partial charge in [-0.15, -0.1) is 11.3 Å². The van der Waals surface area contributed by atoms with Crippen LogP contribution in [0.25, 0.3) is 15.7 Å². The Morgan fingerprint density at radius 2 is 2.06 bits per heavy atom. The number of nitrogens with zero attached hydrogens (tertiary/aromatic N) is 5. The lowest BCUT2D eigenvalue weighted by Crippen LogP contribution is -2.38. The number of aromatic nitrogens is 3. The number of rotatable bonds is 3. The lowest BCUT2D eigenvalue weighted by Gasteiger charge is -2.34. The summed E-state index contributed by atoms with van der Waals surface area (Å²) in [5, 5.41) is 5.98. The van der Waals surface area contributed by atoms with Crippen LogP contribution in [0, 0.1) is 12.8 Å². The summed E-state index contributed by atoms with van der Waals surface area (Å²) >= 11 is 1.49. The van der Waals surface area contributed by atoms with Crippen molar-refractivity contribution in [3.63, 3.8) is 0 Å². The first kappa shape index (κ1) is 20.7. The van der Waals surface area contributed by atoms with Crippen molar-refractivity contribution >= 4 is 38.7 Å². The number of piperidine rings is 1. The topological polar surface area (TPSA) is 53.7 Å². The lowest BCUT2D eigenvalue weighted by molar-refractivity contribution is 0.0611. The van der Waals surface area contributed by atoms with Crippen molar-refractivity contribution in [2.45, 2.75) is 45.6 Å². The standard InChI is InChI=1S/C26H29N5OS/c1-17-8-11-29(15-17)23-14-20-13-21(28-31(20)16-18(23)2)22-7-3-4-10-30(22)26(32)24-12-19-6-5-9-27-25(19)33-24/h5-6,9,12-14,16-17,22H,3-4,7-8,10-11,15H2,1-2H3/t17-,22-/m0/s1. The Labute approximate surface area is 197 Å². The van der Waals surface area contributed by atoms with Crippen LogP contribution in [0.4, 0.5) is 5.69 Å². The van der Waals surface area contributed by atoms with Crippen molar-refractivity contribution in [2.24, 2.45) is 5.92 Å². The van der Waals surface area contributed by atoms with E-state index in [9.17, 15) is 4.79 Å². The predicted molar refractivity (Wildman–Crippen MR) is 133 cm³/mol. The number of carbonyl (C=O) groups excluding carboxylic acids is 1. The number of fused-ring (bicyclic) bond motifs is 2. The van der Waals surface area contributed by atoms with Gasteiger partial charge >= 0.3 is 0 Å². The highest BCUT2D eigenvalue weighted by molar-refractivity contribution is 7.20. The SMILES string of the molecule is Cc1cn2nc([C@@H]3CCCCN3C(=O)c3cc4cccnc4s3)cc2cc1N1CC[C@H](C)C1. The number of anilines is 1. The van der Waals surface area contributed by atoms with Crippen LogP contribution in [-0.4, -0.2) is 45.0 Å². The first-order valence-corrected chi connectivity index (χ1v) is 12.8. The summed E-state index contributed by atoms with van der Waals surface area (Å²) in [7, 11) is 0. The zero-order valence-corrected chi connectivity index (χ0v) is 20.0. The fourth-order valence-electron chi connectivity index (χ4n) is 5.40. The third-order valence-corrected chi connectivity index (χ3v) is 8.21. The summed E-state index contributed by atoms with van der Waals surface area (Å²) in [6, 6.07) is 10.4. The van der Waals surface area contributed by atoms with Gasteiger partial charge in [0.2, 0.25) is 0 Å². The Balaban J connectivity index is 1.33. The molecule has 0 spiro atoms. The Bertz CT molecular complexity index is 1310. The summed E-state index contributed by atoms with van der Waals surface area (Å²) in [5.41, 5.74) is 4.66. The maximum absolute atomic E-state index is 13.5. The summed E-state index contributed by atoms with van der Waals surface area (Å²) in [6.45, 7) is 7.51. The molecule has 33 heavy (non-hydrogen) atoms. The number of pyridine rings is 2. The maximum atomic E-state index is 13.5. The molecule has 4 aromatic rings. The molecule has 2 atom stereocenters. The van der Waals surface area contributed by atoms with Crippen molar-refractivity contribution in [3.8, 4) is 0 Å². The van der Waals surface area contributed by atoms with Crippen LogP contribution < -0.4 is 4.90 Å². The number of hydrogen-bond donors (Lipinski definition) is 0. The van der Waals surface area contributed by atoms with E-state index in [1.54, 1.807) is 6.20 Å². The minimum Gasteiger partial charge on any atom is -0.371 e. The molecule has 0 aromatic carbocycles. The van der Waals surface area contributed by atoms with Gasteiger partial charge in [0.15, 0.2) is 0 Å². The summed E-state index contributed by atoms with van der Waals surface area (Å²) < 4.78 is 1.99. The van der Waals surface area contributed by atoms with Gasteiger partial charge in [-0.3, -0.25) is 4.79 Å². The van der Waals surface area contributed by atoms with Gasteiger partial charge in [0.25, 0.3) is 5.91 Å². The zero-order valence-electron chi connectivity index (χ0n) is 19.2. The highest BCUT2D eigenvalue weighted by Gasteiger charge is 2.31. The van der Waals surface area contributed by atoms with Crippen molar-refractivity contribution in [3.05, 3.63) is 58.9 Å². The minimum absolute atomic E-state index is 0.0138. The van der Waals surface area contributed by atoms with Gasteiger partial charge in [0.05, 0.1) is 22.1 Å². The van der Waals surface area contributed by atoms with Gasteiger partial charge in [-0.25, -0.2) is 9.50 Å². The van der Waals surface area contributed by atoms with E-state index in [0.717, 1.165) is 71.1 Å². The molecule has 0 aliphatic carbocycles. The van der Waals surface area contributed by atoms with Gasteiger partial charge in [0, 0.05) is 43.1 Å². The number of carbonyl (C=O) groups is 1. The van der Waals surface area contributed by atoms with Crippen LogP contribution >= 0.6 is 11.3 Å². The quantitative estimate of drug-likeness (QED) is 0.408. The third-order valence-electron chi connectivity index (χ3n) is 7.16. The first-order chi connectivity index (χ1) is 16.1. The van der Waals surface area contributed by atoms with E-state index in [1.165, 1.54) is 29.0 Å². The van der Waals surface area contributed by atoms with Crippen LogP contribution in [0.2, 0.25) is 0 Å². The molecule has 6 nitrogen and oxygen atoms in total. The molecular weight excluding hydrogens is 430 g/mol. The molecule has 7 heteroatoms. The number of thiophene rings is 1. The van der Waals surface area contributed by atoms with E-state index in [4.69, 9.17) is 5.10 Å². The van der Waals surface area contributed by atoms with E-state index in [-0.39, 0.29) is 11.9 Å². The Morgan fingerprint density at radius 1 is 1.15 bits per heavy atom. The lowest BCUT2D eigenvalue weighted by atomic mass is 9.99.